The van der Waals surface area contributed by atoms with E-state index in [0.717, 1.165) is 18.6 Å². The molecule has 1 N–H and O–H groups in total. The Hall–Kier alpha value is 0.0100. The van der Waals surface area contributed by atoms with Crippen LogP contribution in [0.25, 0.3) is 0 Å². The molecule has 1 saturated heterocycles. The SMILES string of the molecule is C=CC[C@]12[C@@H]3CCCC[C@@]3(O[C@@H]1O)[C@H](SCC)C[C@@H]2C. The van der Waals surface area contributed by atoms with Gasteiger partial charge in [-0.15, -0.1) is 6.58 Å². The van der Waals surface area contributed by atoms with Crippen molar-refractivity contribution in [3.8, 4) is 0 Å². The van der Waals surface area contributed by atoms with E-state index in [0.29, 0.717) is 17.1 Å². The highest BCUT2D eigenvalue weighted by Gasteiger charge is 2.70. The van der Waals surface area contributed by atoms with E-state index in [4.69, 9.17) is 4.74 Å². The minimum atomic E-state index is -0.596. The summed E-state index contributed by atoms with van der Waals surface area (Å²) >= 11 is 2.05. The van der Waals surface area contributed by atoms with Crippen LogP contribution in [-0.2, 0) is 4.74 Å². The Bertz CT molecular complexity index is 385. The number of allylic oxidation sites excluding steroid dienone is 1. The van der Waals surface area contributed by atoms with E-state index in [1.54, 1.807) is 0 Å². The average Bonchev–Trinajstić information content (AvgIpc) is 2.65. The van der Waals surface area contributed by atoms with Gasteiger partial charge < -0.3 is 9.84 Å². The van der Waals surface area contributed by atoms with Crippen LogP contribution in [0.3, 0.4) is 0 Å². The Morgan fingerprint density at radius 3 is 2.95 bits per heavy atom. The number of hydrogen-bond acceptors (Lipinski definition) is 3. The van der Waals surface area contributed by atoms with Crippen LogP contribution in [0.2, 0.25) is 0 Å². The Labute approximate surface area is 127 Å². The zero-order chi connectivity index (χ0) is 14.4. The van der Waals surface area contributed by atoms with Gasteiger partial charge in [0.25, 0.3) is 0 Å². The van der Waals surface area contributed by atoms with E-state index in [-0.39, 0.29) is 11.0 Å². The predicted octanol–water partition coefficient (Wildman–Crippen LogP) is 3.99. The van der Waals surface area contributed by atoms with Crippen molar-refractivity contribution < 1.29 is 9.84 Å². The highest BCUT2D eigenvalue weighted by molar-refractivity contribution is 7.99. The predicted molar refractivity (Wildman–Crippen MR) is 84.7 cm³/mol. The number of rotatable bonds is 4. The molecule has 3 heteroatoms. The lowest BCUT2D eigenvalue weighted by Gasteiger charge is -2.54. The van der Waals surface area contributed by atoms with E-state index < -0.39 is 6.29 Å². The second-order valence-electron chi connectivity index (χ2n) is 6.91. The van der Waals surface area contributed by atoms with Crippen molar-refractivity contribution >= 4 is 11.8 Å². The standard InChI is InChI=1S/C17H28O2S/c1-4-9-16-12(3)11-14(20-5-2)17(19-15(16)18)10-7-6-8-13(16)17/h4,12-15,18H,1,5-11H2,2-3H3/t12-,13-,14+,15-,16-,17-/m0/s1. The topological polar surface area (TPSA) is 29.5 Å². The maximum Gasteiger partial charge on any atom is 0.161 e. The molecule has 0 aromatic heterocycles. The first-order valence-electron chi connectivity index (χ1n) is 8.20. The zero-order valence-corrected chi connectivity index (χ0v) is 13.6. The highest BCUT2D eigenvalue weighted by Crippen LogP contribution is 2.67. The van der Waals surface area contributed by atoms with Crippen molar-refractivity contribution in [1.29, 1.82) is 0 Å². The fraction of sp³-hybridized carbons (Fsp3) is 0.882. The summed E-state index contributed by atoms with van der Waals surface area (Å²) in [5.41, 5.74) is -0.138. The second-order valence-corrected chi connectivity index (χ2v) is 8.39. The molecule has 0 spiro atoms. The molecule has 6 atom stereocenters. The fourth-order valence-electron chi connectivity index (χ4n) is 5.42. The van der Waals surface area contributed by atoms with E-state index in [1.807, 2.05) is 17.8 Å². The molecule has 0 aromatic carbocycles. The largest absolute Gasteiger partial charge is 0.367 e. The van der Waals surface area contributed by atoms with Gasteiger partial charge in [0.15, 0.2) is 6.29 Å². The van der Waals surface area contributed by atoms with Gasteiger partial charge in [-0.1, -0.05) is 32.8 Å². The summed E-state index contributed by atoms with van der Waals surface area (Å²) in [5.74, 6) is 2.17. The third-order valence-corrected chi connectivity index (χ3v) is 7.56. The molecule has 1 aliphatic heterocycles. The molecule has 3 rings (SSSR count). The molecular formula is C17H28O2S. The first-order valence-corrected chi connectivity index (χ1v) is 9.25. The van der Waals surface area contributed by atoms with E-state index in [2.05, 4.69) is 20.4 Å². The van der Waals surface area contributed by atoms with Gasteiger partial charge in [-0.3, -0.25) is 0 Å². The zero-order valence-electron chi connectivity index (χ0n) is 12.8. The fourth-order valence-corrected chi connectivity index (χ4v) is 6.86. The van der Waals surface area contributed by atoms with Crippen molar-refractivity contribution in [2.75, 3.05) is 5.75 Å². The summed E-state index contributed by atoms with van der Waals surface area (Å²) in [6.45, 7) is 8.51. The molecule has 3 aliphatic rings. The molecule has 114 valence electrons. The average molecular weight is 296 g/mol. The van der Waals surface area contributed by atoms with Gasteiger partial charge in [-0.25, -0.2) is 0 Å². The molecule has 0 amide bonds. The highest BCUT2D eigenvalue weighted by atomic mass is 32.2. The first-order chi connectivity index (χ1) is 9.61. The first kappa shape index (κ1) is 14.9. The van der Waals surface area contributed by atoms with Gasteiger partial charge >= 0.3 is 0 Å². The molecule has 2 nitrogen and oxygen atoms in total. The van der Waals surface area contributed by atoms with Crippen LogP contribution in [-0.4, -0.2) is 28.0 Å². The third-order valence-electron chi connectivity index (χ3n) is 6.24. The lowest BCUT2D eigenvalue weighted by molar-refractivity contribution is -0.163. The van der Waals surface area contributed by atoms with Crippen LogP contribution in [0.15, 0.2) is 12.7 Å². The Kier molecular flexibility index (Phi) is 3.98. The molecule has 2 bridgehead atoms. The molecule has 0 unspecified atom stereocenters. The lowest BCUT2D eigenvalue weighted by Crippen LogP contribution is -2.57. The normalized spacial score (nSPS) is 50.8. The van der Waals surface area contributed by atoms with Crippen molar-refractivity contribution in [3.05, 3.63) is 12.7 Å². The molecule has 2 saturated carbocycles. The summed E-state index contributed by atoms with van der Waals surface area (Å²) < 4.78 is 6.36. The number of thioether (sulfide) groups is 1. The summed E-state index contributed by atoms with van der Waals surface area (Å²) in [5, 5.41) is 11.3. The maximum atomic E-state index is 10.8. The maximum absolute atomic E-state index is 10.8. The van der Waals surface area contributed by atoms with Crippen molar-refractivity contribution in [1.82, 2.24) is 0 Å². The molecule has 20 heavy (non-hydrogen) atoms. The van der Waals surface area contributed by atoms with Crippen LogP contribution in [0.4, 0.5) is 0 Å². The molecule has 1 heterocycles. The summed E-state index contributed by atoms with van der Waals surface area (Å²) in [7, 11) is 0. The quantitative estimate of drug-likeness (QED) is 0.796. The van der Waals surface area contributed by atoms with E-state index in [1.165, 1.54) is 25.7 Å². The van der Waals surface area contributed by atoms with Crippen LogP contribution < -0.4 is 0 Å². The number of hydrogen-bond donors (Lipinski definition) is 1. The molecule has 0 aromatic rings. The van der Waals surface area contributed by atoms with Crippen LogP contribution in [0, 0.1) is 17.3 Å². The Balaban J connectivity index is 2.04. The van der Waals surface area contributed by atoms with Gasteiger partial charge in [-0.2, -0.15) is 11.8 Å². The van der Waals surface area contributed by atoms with Crippen molar-refractivity contribution in [3.63, 3.8) is 0 Å². The van der Waals surface area contributed by atoms with Gasteiger partial charge in [0, 0.05) is 16.6 Å². The van der Waals surface area contributed by atoms with Crippen LogP contribution >= 0.6 is 11.8 Å². The molecule has 3 fully saturated rings. The van der Waals surface area contributed by atoms with E-state index in [9.17, 15) is 5.11 Å². The Morgan fingerprint density at radius 1 is 1.45 bits per heavy atom. The van der Waals surface area contributed by atoms with Gasteiger partial charge in [0.05, 0.1) is 5.60 Å². The number of aliphatic hydroxyl groups is 1. The van der Waals surface area contributed by atoms with Gasteiger partial charge in [0.1, 0.15) is 0 Å². The van der Waals surface area contributed by atoms with Gasteiger partial charge in [-0.05, 0) is 37.4 Å². The van der Waals surface area contributed by atoms with E-state index >= 15 is 0 Å². The van der Waals surface area contributed by atoms with Gasteiger partial charge in [0.2, 0.25) is 0 Å². The summed E-state index contributed by atoms with van der Waals surface area (Å²) in [4.78, 5) is 0. The van der Waals surface area contributed by atoms with Crippen LogP contribution in [0.1, 0.15) is 52.4 Å². The second kappa shape index (κ2) is 5.33. The minimum Gasteiger partial charge on any atom is -0.367 e. The molecular weight excluding hydrogens is 268 g/mol. The summed E-state index contributed by atoms with van der Waals surface area (Å²) in [6.07, 6.45) is 8.38. The minimum absolute atomic E-state index is 0.0616. The van der Waals surface area contributed by atoms with Crippen molar-refractivity contribution in [2.45, 2.75) is 69.5 Å². The third kappa shape index (κ3) is 1.79. The number of aliphatic hydroxyl groups excluding tert-OH is 1. The monoisotopic (exact) mass is 296 g/mol. The van der Waals surface area contributed by atoms with Crippen LogP contribution in [0.5, 0.6) is 0 Å². The van der Waals surface area contributed by atoms with Crippen molar-refractivity contribution in [2.24, 2.45) is 17.3 Å². The lowest BCUT2D eigenvalue weighted by atomic mass is 9.52. The summed E-state index contributed by atoms with van der Waals surface area (Å²) in [6, 6.07) is 0. The smallest absolute Gasteiger partial charge is 0.161 e. The number of ether oxygens (including phenoxy) is 1. The molecule has 2 aliphatic carbocycles. The Morgan fingerprint density at radius 2 is 2.25 bits per heavy atom. The molecule has 0 radical (unpaired) electrons.